The van der Waals surface area contributed by atoms with Crippen LogP contribution in [0.5, 0.6) is 5.75 Å². The van der Waals surface area contributed by atoms with Crippen molar-refractivity contribution >= 4 is 5.97 Å². The van der Waals surface area contributed by atoms with Crippen LogP contribution >= 0.6 is 0 Å². The van der Waals surface area contributed by atoms with Crippen LogP contribution in [0, 0.1) is 0 Å². The van der Waals surface area contributed by atoms with Gasteiger partial charge in [-0.25, -0.2) is 4.79 Å². The molecule has 0 saturated heterocycles. The Bertz CT molecular complexity index is 407. The van der Waals surface area contributed by atoms with Crippen LogP contribution in [0.15, 0.2) is 24.3 Å². The number of hydrogen-bond donors (Lipinski definition) is 0. The van der Waals surface area contributed by atoms with Gasteiger partial charge in [0.25, 0.3) is 0 Å². The first-order valence-electron chi connectivity index (χ1n) is 6.74. The van der Waals surface area contributed by atoms with Gasteiger partial charge in [0.1, 0.15) is 17.9 Å². The Labute approximate surface area is 124 Å². The fourth-order valence-electron chi connectivity index (χ4n) is 1.55. The van der Waals surface area contributed by atoms with Crippen LogP contribution in [-0.4, -0.2) is 59.8 Å². The Balaban J connectivity index is 2.11. The molecule has 21 heavy (non-hydrogen) atoms. The Kier molecular flexibility index (Phi) is 9.19. The van der Waals surface area contributed by atoms with Crippen LogP contribution in [0.25, 0.3) is 0 Å². The lowest BCUT2D eigenvalue weighted by atomic mass is 10.2. The number of ether oxygens (including phenoxy) is 5. The van der Waals surface area contributed by atoms with Crippen molar-refractivity contribution < 1.29 is 28.5 Å². The average molecular weight is 298 g/mol. The first-order valence-corrected chi connectivity index (χ1v) is 6.74. The van der Waals surface area contributed by atoms with Crippen LogP contribution in [0.4, 0.5) is 0 Å². The van der Waals surface area contributed by atoms with Gasteiger partial charge in [-0.2, -0.15) is 0 Å². The second-order valence-electron chi connectivity index (χ2n) is 4.05. The largest absolute Gasteiger partial charge is 0.496 e. The SMILES string of the molecule is COCCOCCOCCOC(=O)c1ccccc1OC. The maximum Gasteiger partial charge on any atom is 0.342 e. The summed E-state index contributed by atoms with van der Waals surface area (Å²) in [4.78, 5) is 11.8. The number of rotatable bonds is 11. The van der Waals surface area contributed by atoms with E-state index < -0.39 is 5.97 Å². The van der Waals surface area contributed by atoms with Crippen molar-refractivity contribution in [1.29, 1.82) is 0 Å². The smallest absolute Gasteiger partial charge is 0.342 e. The van der Waals surface area contributed by atoms with Gasteiger partial charge < -0.3 is 23.7 Å². The molecule has 0 atom stereocenters. The summed E-state index contributed by atoms with van der Waals surface area (Å²) in [5.41, 5.74) is 0.405. The first kappa shape index (κ1) is 17.4. The highest BCUT2D eigenvalue weighted by Gasteiger charge is 2.12. The maximum atomic E-state index is 11.8. The highest BCUT2D eigenvalue weighted by atomic mass is 16.6. The van der Waals surface area contributed by atoms with E-state index >= 15 is 0 Å². The lowest BCUT2D eigenvalue weighted by molar-refractivity contribution is 0.00560. The summed E-state index contributed by atoms with van der Waals surface area (Å²) < 4.78 is 25.6. The Morgan fingerprint density at radius 2 is 1.52 bits per heavy atom. The van der Waals surface area contributed by atoms with E-state index in [0.29, 0.717) is 44.3 Å². The first-order chi connectivity index (χ1) is 10.3. The number of carbonyl (C=O) groups excluding carboxylic acids is 1. The van der Waals surface area contributed by atoms with Gasteiger partial charge in [-0.1, -0.05) is 12.1 Å². The van der Waals surface area contributed by atoms with Crippen molar-refractivity contribution in [2.24, 2.45) is 0 Å². The molecule has 0 bridgehead atoms. The Morgan fingerprint density at radius 1 is 0.905 bits per heavy atom. The van der Waals surface area contributed by atoms with E-state index in [2.05, 4.69) is 0 Å². The molecular formula is C15H22O6. The van der Waals surface area contributed by atoms with Gasteiger partial charge >= 0.3 is 5.97 Å². The molecule has 0 spiro atoms. The molecule has 0 unspecified atom stereocenters. The van der Waals surface area contributed by atoms with E-state index in [1.54, 1.807) is 31.4 Å². The zero-order valence-corrected chi connectivity index (χ0v) is 12.5. The summed E-state index contributed by atoms with van der Waals surface area (Å²) in [5.74, 6) is 0.0716. The van der Waals surface area contributed by atoms with E-state index in [-0.39, 0.29) is 6.61 Å². The van der Waals surface area contributed by atoms with Gasteiger partial charge in [-0.3, -0.25) is 0 Å². The van der Waals surface area contributed by atoms with Gasteiger partial charge in [0.2, 0.25) is 0 Å². The lowest BCUT2D eigenvalue weighted by Crippen LogP contribution is -2.14. The van der Waals surface area contributed by atoms with Crippen molar-refractivity contribution in [3.63, 3.8) is 0 Å². The normalized spacial score (nSPS) is 10.4. The Morgan fingerprint density at radius 3 is 2.19 bits per heavy atom. The third-order valence-electron chi connectivity index (χ3n) is 2.59. The molecule has 0 amide bonds. The minimum atomic E-state index is -0.424. The topological polar surface area (TPSA) is 63.2 Å². The molecule has 0 aromatic heterocycles. The van der Waals surface area contributed by atoms with Crippen LogP contribution in [0.3, 0.4) is 0 Å². The summed E-state index contributed by atoms with van der Waals surface area (Å²) in [5, 5.41) is 0. The third kappa shape index (κ3) is 7.08. The second kappa shape index (κ2) is 11.1. The van der Waals surface area contributed by atoms with Crippen molar-refractivity contribution in [1.82, 2.24) is 0 Å². The van der Waals surface area contributed by atoms with Crippen molar-refractivity contribution in [3.8, 4) is 5.75 Å². The minimum Gasteiger partial charge on any atom is -0.496 e. The summed E-state index contributed by atoms with van der Waals surface area (Å²) in [6.45, 7) is 2.57. The molecule has 1 aromatic rings. The van der Waals surface area contributed by atoms with Crippen molar-refractivity contribution in [2.45, 2.75) is 0 Å². The van der Waals surface area contributed by atoms with E-state index in [4.69, 9.17) is 23.7 Å². The fourth-order valence-corrected chi connectivity index (χ4v) is 1.55. The highest BCUT2D eigenvalue weighted by Crippen LogP contribution is 2.17. The Hall–Kier alpha value is -1.63. The van der Waals surface area contributed by atoms with E-state index in [0.717, 1.165) is 0 Å². The molecule has 118 valence electrons. The fraction of sp³-hybridized carbons (Fsp3) is 0.533. The monoisotopic (exact) mass is 298 g/mol. The van der Waals surface area contributed by atoms with Gasteiger partial charge in [-0.15, -0.1) is 0 Å². The van der Waals surface area contributed by atoms with Gasteiger partial charge in [0, 0.05) is 7.11 Å². The van der Waals surface area contributed by atoms with Crippen LogP contribution in [-0.2, 0) is 18.9 Å². The van der Waals surface area contributed by atoms with Crippen LogP contribution in [0.2, 0.25) is 0 Å². The number of esters is 1. The van der Waals surface area contributed by atoms with E-state index in [9.17, 15) is 4.79 Å². The average Bonchev–Trinajstić information content (AvgIpc) is 2.53. The molecule has 1 aromatic carbocycles. The molecule has 1 rings (SSSR count). The summed E-state index contributed by atoms with van der Waals surface area (Å²) in [6, 6.07) is 6.92. The summed E-state index contributed by atoms with van der Waals surface area (Å²) >= 11 is 0. The van der Waals surface area contributed by atoms with E-state index in [1.165, 1.54) is 7.11 Å². The van der Waals surface area contributed by atoms with Crippen molar-refractivity contribution in [3.05, 3.63) is 29.8 Å². The van der Waals surface area contributed by atoms with Gasteiger partial charge in [-0.05, 0) is 12.1 Å². The number of benzene rings is 1. The highest BCUT2D eigenvalue weighted by molar-refractivity contribution is 5.92. The standard InChI is InChI=1S/C15H22O6/c1-17-7-8-19-9-10-20-11-12-21-15(16)13-5-3-4-6-14(13)18-2/h3-6H,7-12H2,1-2H3. The molecule has 0 fully saturated rings. The number of hydrogen-bond acceptors (Lipinski definition) is 6. The molecule has 0 N–H and O–H groups in total. The number of para-hydroxylation sites is 1. The molecule has 6 nitrogen and oxygen atoms in total. The zero-order chi connectivity index (χ0) is 15.3. The third-order valence-corrected chi connectivity index (χ3v) is 2.59. The van der Waals surface area contributed by atoms with Crippen molar-refractivity contribution in [2.75, 3.05) is 53.9 Å². The molecule has 6 heteroatoms. The predicted molar refractivity (Wildman–Crippen MR) is 76.8 cm³/mol. The molecule has 0 aliphatic carbocycles. The number of methoxy groups -OCH3 is 2. The summed E-state index contributed by atoms with van der Waals surface area (Å²) in [7, 11) is 3.13. The molecular weight excluding hydrogens is 276 g/mol. The number of carbonyl (C=O) groups is 1. The molecule has 0 aliphatic rings. The van der Waals surface area contributed by atoms with E-state index in [1.807, 2.05) is 0 Å². The second-order valence-corrected chi connectivity index (χ2v) is 4.05. The minimum absolute atomic E-state index is 0.189. The molecule has 0 saturated carbocycles. The van der Waals surface area contributed by atoms with Crippen LogP contribution < -0.4 is 4.74 Å². The zero-order valence-electron chi connectivity index (χ0n) is 12.5. The molecule has 0 aliphatic heterocycles. The summed E-state index contributed by atoms with van der Waals surface area (Å²) in [6.07, 6.45) is 0. The lowest BCUT2D eigenvalue weighted by Gasteiger charge is -2.09. The molecule has 0 heterocycles. The van der Waals surface area contributed by atoms with Crippen LogP contribution in [0.1, 0.15) is 10.4 Å². The predicted octanol–water partition coefficient (Wildman–Crippen LogP) is 1.53. The maximum absolute atomic E-state index is 11.8. The quantitative estimate of drug-likeness (QED) is 0.456. The van der Waals surface area contributed by atoms with Gasteiger partial charge in [0.15, 0.2) is 0 Å². The van der Waals surface area contributed by atoms with Gasteiger partial charge in [0.05, 0.1) is 40.1 Å². The molecule has 0 radical (unpaired) electrons.